The molecule has 0 aromatic carbocycles. The normalized spacial score (nSPS) is 29.0. The molecule has 0 aromatic rings. The van der Waals surface area contributed by atoms with E-state index in [4.69, 9.17) is 5.11 Å². The Balaban J connectivity index is 2.65. The minimum Gasteiger partial charge on any atom is -0.481 e. The maximum absolute atomic E-state index is 11.4. The average molecular weight is 206 g/mol. The summed E-state index contributed by atoms with van der Waals surface area (Å²) in [5.41, 5.74) is 0. The van der Waals surface area contributed by atoms with Gasteiger partial charge in [-0.05, 0) is 19.3 Å². The van der Waals surface area contributed by atoms with Crippen molar-refractivity contribution in [2.75, 3.05) is 5.75 Å². The van der Waals surface area contributed by atoms with Gasteiger partial charge in [0.1, 0.15) is 0 Å². The van der Waals surface area contributed by atoms with Gasteiger partial charge < -0.3 is 5.11 Å². The number of sulfone groups is 1. The highest BCUT2D eigenvalue weighted by atomic mass is 32.2. The molecule has 2 atom stereocenters. The molecule has 13 heavy (non-hydrogen) atoms. The lowest BCUT2D eigenvalue weighted by molar-refractivity contribution is -0.141. The molecule has 0 heterocycles. The van der Waals surface area contributed by atoms with Crippen LogP contribution in [0.25, 0.3) is 0 Å². The Morgan fingerprint density at radius 1 is 1.46 bits per heavy atom. The molecule has 1 saturated carbocycles. The molecule has 0 radical (unpaired) electrons. The Morgan fingerprint density at radius 2 is 2.08 bits per heavy atom. The molecule has 0 aromatic heterocycles. The summed E-state index contributed by atoms with van der Waals surface area (Å²) >= 11 is 0. The number of carboxylic acids is 1. The molecule has 1 fully saturated rings. The van der Waals surface area contributed by atoms with Gasteiger partial charge in [-0.1, -0.05) is 6.92 Å². The van der Waals surface area contributed by atoms with E-state index in [1.807, 2.05) is 0 Å². The number of hydrogen-bond donors (Lipinski definition) is 1. The van der Waals surface area contributed by atoms with Crippen molar-refractivity contribution >= 4 is 15.8 Å². The van der Waals surface area contributed by atoms with Gasteiger partial charge in [-0.15, -0.1) is 0 Å². The van der Waals surface area contributed by atoms with Crippen LogP contribution in [0, 0.1) is 5.92 Å². The van der Waals surface area contributed by atoms with Crippen molar-refractivity contribution in [1.29, 1.82) is 0 Å². The van der Waals surface area contributed by atoms with Crippen LogP contribution in [-0.4, -0.2) is 30.5 Å². The summed E-state index contributed by atoms with van der Waals surface area (Å²) in [6.07, 6.45) is 1.30. The van der Waals surface area contributed by atoms with E-state index in [-0.39, 0.29) is 5.75 Å². The van der Waals surface area contributed by atoms with Crippen molar-refractivity contribution in [2.45, 2.75) is 31.4 Å². The van der Waals surface area contributed by atoms with Crippen LogP contribution >= 0.6 is 0 Å². The minimum absolute atomic E-state index is 0.115. The molecule has 0 bridgehead atoms. The Morgan fingerprint density at radius 3 is 2.46 bits per heavy atom. The maximum atomic E-state index is 11.4. The molecule has 1 rings (SSSR count). The Hall–Kier alpha value is -0.580. The lowest BCUT2D eigenvalue weighted by Crippen LogP contribution is -2.21. The second kappa shape index (κ2) is 3.65. The lowest BCUT2D eigenvalue weighted by atomic mass is 10.1. The second-order valence-electron chi connectivity index (χ2n) is 3.42. The van der Waals surface area contributed by atoms with Crippen LogP contribution in [0.1, 0.15) is 26.2 Å². The molecule has 0 aliphatic heterocycles. The molecule has 1 aliphatic carbocycles. The van der Waals surface area contributed by atoms with E-state index in [0.29, 0.717) is 19.3 Å². The zero-order valence-corrected chi connectivity index (χ0v) is 8.38. The molecule has 1 N–H and O–H groups in total. The van der Waals surface area contributed by atoms with Gasteiger partial charge in [0, 0.05) is 5.75 Å². The van der Waals surface area contributed by atoms with Gasteiger partial charge in [-0.2, -0.15) is 0 Å². The zero-order valence-electron chi connectivity index (χ0n) is 7.56. The van der Waals surface area contributed by atoms with Crippen molar-refractivity contribution < 1.29 is 18.3 Å². The highest BCUT2D eigenvalue weighted by Gasteiger charge is 2.36. The van der Waals surface area contributed by atoms with Gasteiger partial charge in [0.15, 0.2) is 9.84 Å². The summed E-state index contributed by atoms with van der Waals surface area (Å²) < 4.78 is 22.8. The van der Waals surface area contributed by atoms with Gasteiger partial charge in [0.05, 0.1) is 11.2 Å². The molecule has 4 nitrogen and oxygen atoms in total. The van der Waals surface area contributed by atoms with E-state index in [0.717, 1.165) is 0 Å². The maximum Gasteiger partial charge on any atom is 0.306 e. The number of carboxylic acid groups (broad SMARTS) is 1. The van der Waals surface area contributed by atoms with Gasteiger partial charge in [0.2, 0.25) is 0 Å². The van der Waals surface area contributed by atoms with Crippen LogP contribution < -0.4 is 0 Å². The van der Waals surface area contributed by atoms with Crippen molar-refractivity contribution in [1.82, 2.24) is 0 Å². The fourth-order valence-corrected chi connectivity index (χ4v) is 3.22. The molecule has 0 amide bonds. The topological polar surface area (TPSA) is 71.4 Å². The van der Waals surface area contributed by atoms with Gasteiger partial charge >= 0.3 is 5.97 Å². The third kappa shape index (κ3) is 2.21. The number of aliphatic carboxylic acids is 1. The summed E-state index contributed by atoms with van der Waals surface area (Å²) in [7, 11) is -3.03. The summed E-state index contributed by atoms with van der Waals surface area (Å²) in [6.45, 7) is 1.60. The molecule has 5 heteroatoms. The Bertz CT molecular complexity index is 293. The first-order valence-corrected chi connectivity index (χ1v) is 6.13. The fourth-order valence-electron chi connectivity index (χ4n) is 1.73. The predicted octanol–water partition coefficient (Wildman–Crippen LogP) is 0.674. The summed E-state index contributed by atoms with van der Waals surface area (Å²) in [5.74, 6) is -1.20. The summed E-state index contributed by atoms with van der Waals surface area (Å²) in [5, 5.41) is 8.26. The van der Waals surface area contributed by atoms with E-state index in [1.165, 1.54) is 0 Å². The highest BCUT2D eigenvalue weighted by Crippen LogP contribution is 2.30. The molecular weight excluding hydrogens is 192 g/mol. The molecule has 1 aliphatic rings. The molecule has 0 spiro atoms. The molecule has 76 valence electrons. The summed E-state index contributed by atoms with van der Waals surface area (Å²) in [4.78, 5) is 10.6. The van der Waals surface area contributed by atoms with E-state index in [9.17, 15) is 13.2 Å². The minimum atomic E-state index is -3.03. The fraction of sp³-hybridized carbons (Fsp3) is 0.875. The van der Waals surface area contributed by atoms with Crippen molar-refractivity contribution in [2.24, 2.45) is 5.92 Å². The SMILES string of the molecule is CCS(=O)(=O)[C@H]1CC[C@H](C(=O)O)C1. The van der Waals surface area contributed by atoms with Crippen LogP contribution in [0.4, 0.5) is 0 Å². The smallest absolute Gasteiger partial charge is 0.306 e. The zero-order chi connectivity index (χ0) is 10.1. The van der Waals surface area contributed by atoms with Crippen molar-refractivity contribution in [3.63, 3.8) is 0 Å². The monoisotopic (exact) mass is 206 g/mol. The first-order chi connectivity index (χ1) is 5.97. The van der Waals surface area contributed by atoms with E-state index >= 15 is 0 Å². The highest BCUT2D eigenvalue weighted by molar-refractivity contribution is 7.92. The Kier molecular flexibility index (Phi) is 2.95. The third-order valence-corrected chi connectivity index (χ3v) is 4.89. The van der Waals surface area contributed by atoms with Gasteiger partial charge in [-0.3, -0.25) is 4.79 Å². The van der Waals surface area contributed by atoms with E-state index in [1.54, 1.807) is 6.92 Å². The van der Waals surface area contributed by atoms with Gasteiger partial charge in [-0.25, -0.2) is 8.42 Å². The third-order valence-electron chi connectivity index (χ3n) is 2.64. The van der Waals surface area contributed by atoms with Crippen molar-refractivity contribution in [3.8, 4) is 0 Å². The molecule has 0 unspecified atom stereocenters. The second-order valence-corrected chi connectivity index (χ2v) is 5.99. The van der Waals surface area contributed by atoms with E-state index in [2.05, 4.69) is 0 Å². The number of rotatable bonds is 3. The van der Waals surface area contributed by atoms with Crippen LogP contribution in [-0.2, 0) is 14.6 Å². The number of carbonyl (C=O) groups is 1. The lowest BCUT2D eigenvalue weighted by Gasteiger charge is -2.08. The Labute approximate surface area is 77.9 Å². The molecule has 0 saturated heterocycles. The van der Waals surface area contributed by atoms with Crippen LogP contribution in [0.3, 0.4) is 0 Å². The van der Waals surface area contributed by atoms with Crippen LogP contribution in [0.15, 0.2) is 0 Å². The number of hydrogen-bond acceptors (Lipinski definition) is 3. The van der Waals surface area contributed by atoms with E-state index < -0.39 is 27.0 Å². The predicted molar refractivity (Wildman–Crippen MR) is 48.2 cm³/mol. The first-order valence-electron chi connectivity index (χ1n) is 4.41. The van der Waals surface area contributed by atoms with Crippen molar-refractivity contribution in [3.05, 3.63) is 0 Å². The van der Waals surface area contributed by atoms with Gasteiger partial charge in [0.25, 0.3) is 0 Å². The van der Waals surface area contributed by atoms with Crippen LogP contribution in [0.5, 0.6) is 0 Å². The first kappa shape index (κ1) is 10.5. The average Bonchev–Trinajstić information content (AvgIpc) is 2.52. The standard InChI is InChI=1S/C8H14O4S/c1-2-13(11,12)7-4-3-6(5-7)8(9)10/h6-7H,2-5H2,1H3,(H,9,10)/t6-,7-/m0/s1. The molecular formula is C8H14O4S. The largest absolute Gasteiger partial charge is 0.481 e. The van der Waals surface area contributed by atoms with Crippen LogP contribution in [0.2, 0.25) is 0 Å². The summed E-state index contributed by atoms with van der Waals surface area (Å²) in [6, 6.07) is 0. The quantitative estimate of drug-likeness (QED) is 0.736.